The topological polar surface area (TPSA) is 377 Å². The minimum absolute atomic E-state index is 0.0281. The van der Waals surface area contributed by atoms with Gasteiger partial charge in [-0.1, -0.05) is 26.0 Å². The van der Waals surface area contributed by atoms with Gasteiger partial charge in [-0.15, -0.1) is 22.7 Å². The number of ether oxygens (including phenoxy) is 4. The second-order valence-corrected chi connectivity index (χ2v) is 19.7. The molecule has 0 bridgehead atoms. The molecular formula is C39H53N11O12S5. The second kappa shape index (κ2) is 27.1. The number of carbonyl (C=O) groups is 3. The first kappa shape index (κ1) is 55.5. The summed E-state index contributed by atoms with van der Waals surface area (Å²) in [5.41, 5.74) is 13.3. The van der Waals surface area contributed by atoms with Crippen LogP contribution in [0.2, 0.25) is 0 Å². The highest BCUT2D eigenvalue weighted by Crippen LogP contribution is 2.29. The first-order chi connectivity index (χ1) is 31.7. The molecule has 28 heteroatoms. The first-order valence-corrected chi connectivity index (χ1v) is 25.5. The van der Waals surface area contributed by atoms with Gasteiger partial charge < -0.3 is 50.9 Å². The average molecular weight is 1030 g/mol. The highest BCUT2D eigenvalue weighted by Gasteiger charge is 2.22. The van der Waals surface area contributed by atoms with Gasteiger partial charge in [-0.3, -0.25) is 9.59 Å². The molecule has 0 saturated heterocycles. The number of hydrogen-bond donors (Lipinski definition) is 8. The van der Waals surface area contributed by atoms with E-state index < -0.39 is 50.5 Å². The molecule has 23 nitrogen and oxygen atoms in total. The first-order valence-electron chi connectivity index (χ1n) is 19.6. The summed E-state index contributed by atoms with van der Waals surface area (Å²) in [6.07, 6.45) is 4.31. The van der Waals surface area contributed by atoms with Gasteiger partial charge >= 0.3 is 11.9 Å². The maximum absolute atomic E-state index is 12.5. The number of fused-ring (bicyclic) bond motifs is 2. The molecular weight excluding hydrogens is 975 g/mol. The number of primary sulfonamides is 2. The molecule has 0 aliphatic heterocycles. The molecule has 1 atom stereocenters. The number of carbonyl (C=O) groups excluding carboxylic acids is 2. The number of thiazole rings is 2. The van der Waals surface area contributed by atoms with Crippen LogP contribution >= 0.6 is 34.4 Å². The molecule has 0 fully saturated rings. The van der Waals surface area contributed by atoms with E-state index in [2.05, 4.69) is 15.3 Å². The van der Waals surface area contributed by atoms with Crippen molar-refractivity contribution in [3.63, 3.8) is 0 Å². The molecule has 3 aromatic carbocycles. The number of aromatic nitrogens is 2. The van der Waals surface area contributed by atoms with Crippen LogP contribution in [-0.2, 0) is 44.9 Å². The molecule has 366 valence electrons. The number of nitrogens with zero attached hydrogens (tertiary/aromatic N) is 4. The molecule has 5 aromatic rings. The van der Waals surface area contributed by atoms with Crippen LogP contribution < -0.4 is 53.0 Å². The Morgan fingerprint density at radius 3 is 1.99 bits per heavy atom. The predicted octanol–water partition coefficient (Wildman–Crippen LogP) is 1.35. The van der Waals surface area contributed by atoms with Crippen molar-refractivity contribution in [2.24, 2.45) is 33.4 Å². The highest BCUT2D eigenvalue weighted by atomic mass is 32.3. The van der Waals surface area contributed by atoms with Crippen LogP contribution in [-0.4, -0.2) is 118 Å². The van der Waals surface area contributed by atoms with Gasteiger partial charge in [-0.05, 0) is 60.2 Å². The molecule has 0 aliphatic carbocycles. The van der Waals surface area contributed by atoms with Gasteiger partial charge in [0.15, 0.2) is 0 Å². The lowest BCUT2D eigenvalue weighted by Crippen LogP contribution is -2.47. The van der Waals surface area contributed by atoms with E-state index in [0.29, 0.717) is 62.3 Å². The van der Waals surface area contributed by atoms with E-state index in [1.54, 1.807) is 42.5 Å². The molecule has 0 spiro atoms. The number of amides is 1. The molecule has 14 N–H and O–H groups in total. The summed E-state index contributed by atoms with van der Waals surface area (Å²) in [7, 11) is -6.48. The Morgan fingerprint density at radius 1 is 0.851 bits per heavy atom. The Balaban J connectivity index is 0.000000388. The third-order valence-electron chi connectivity index (χ3n) is 7.85. The van der Waals surface area contributed by atoms with Crippen molar-refractivity contribution in [1.82, 2.24) is 25.3 Å². The summed E-state index contributed by atoms with van der Waals surface area (Å²) in [5, 5.41) is 23.5. The van der Waals surface area contributed by atoms with Gasteiger partial charge in [0.25, 0.3) is 20.0 Å². The minimum atomic E-state index is -3.88. The van der Waals surface area contributed by atoms with Gasteiger partial charge in [0, 0.05) is 30.5 Å². The van der Waals surface area contributed by atoms with E-state index in [0.717, 1.165) is 38.3 Å². The van der Waals surface area contributed by atoms with E-state index in [-0.39, 0.29) is 34.1 Å². The summed E-state index contributed by atoms with van der Waals surface area (Å²) in [5.74, 6) is 11.7. The number of aliphatic carboxylic acids is 1. The molecule has 0 radical (unpaired) electrons. The standard InChI is InChI=1S/C25H32N6O7S3.C12H15N5O5S2.C2H6/c1-36-24(33)21(16-39-15-17-4-2-5-18(12-17)38-11-8-26)29-23(32)14-31(27)9-3-10-37-19-6-7-20-22(13-19)40-25(30-20)41(28,34)35;13-7(4-17(14)5-11(18)19)6-22-8-1-2-9-10(3-8)23-12(16-9)24(15,20)21;1-2/h2-7,9,12-13,21H,8,10-11,14-16,26-27H2,1H3,(H,29,32)(H2,28,34,35);1-4H,5-6,13-14H2,(H,18,19)(H2,15,20,21);1-2H3/b9-3+;7-4-;. The lowest BCUT2D eigenvalue weighted by Gasteiger charge is -2.19. The number of hydrazine groups is 2. The third-order valence-corrected chi connectivity index (χ3v) is 13.6. The monoisotopic (exact) mass is 1030 g/mol. The number of hydrogen-bond acceptors (Lipinski definition) is 22. The van der Waals surface area contributed by atoms with E-state index >= 15 is 0 Å². The third kappa shape index (κ3) is 19.5. The Labute approximate surface area is 399 Å². The second-order valence-electron chi connectivity index (χ2n) is 13.2. The van der Waals surface area contributed by atoms with E-state index in [1.807, 2.05) is 38.1 Å². The van der Waals surface area contributed by atoms with E-state index in [9.17, 15) is 31.2 Å². The fourth-order valence-electron chi connectivity index (χ4n) is 5.10. The number of esters is 1. The zero-order valence-electron chi connectivity index (χ0n) is 36.5. The molecule has 67 heavy (non-hydrogen) atoms. The van der Waals surface area contributed by atoms with Crippen LogP contribution in [0.5, 0.6) is 17.2 Å². The van der Waals surface area contributed by atoms with Crippen LogP contribution in [0, 0.1) is 0 Å². The predicted molar refractivity (Wildman–Crippen MR) is 256 cm³/mol. The zero-order chi connectivity index (χ0) is 49.7. The van der Waals surface area contributed by atoms with Crippen molar-refractivity contribution >= 4 is 92.8 Å². The van der Waals surface area contributed by atoms with Crippen molar-refractivity contribution in [3.05, 3.63) is 90.4 Å². The van der Waals surface area contributed by atoms with Crippen molar-refractivity contribution < 1.29 is 55.3 Å². The van der Waals surface area contributed by atoms with E-state index in [4.69, 9.17) is 57.5 Å². The fraction of sp³-hybridized carbons (Fsp3) is 0.308. The largest absolute Gasteiger partial charge is 0.492 e. The normalized spacial score (nSPS) is 12.0. The summed E-state index contributed by atoms with van der Waals surface area (Å²) >= 11 is 3.33. The number of carboxylic acids is 1. The van der Waals surface area contributed by atoms with Crippen molar-refractivity contribution in [3.8, 4) is 17.2 Å². The number of rotatable bonds is 23. The summed E-state index contributed by atoms with van der Waals surface area (Å²) < 4.78 is 67.9. The number of methoxy groups -OCH3 is 1. The molecule has 0 saturated carbocycles. The Morgan fingerprint density at radius 2 is 1.43 bits per heavy atom. The van der Waals surface area contributed by atoms with Crippen LogP contribution in [0.25, 0.3) is 20.4 Å². The molecule has 2 aromatic heterocycles. The Bertz CT molecular complexity index is 2720. The summed E-state index contributed by atoms with van der Waals surface area (Å²) in [6, 6.07) is 16.4. The summed E-state index contributed by atoms with van der Waals surface area (Å²) in [4.78, 5) is 43.1. The number of sulfonamides is 2. The quantitative estimate of drug-likeness (QED) is 0.0260. The maximum Gasteiger partial charge on any atom is 0.329 e. The number of nitrogens with two attached hydrogens (primary N) is 6. The average Bonchev–Trinajstić information content (AvgIpc) is 3.92. The Kier molecular flexibility index (Phi) is 22.5. The van der Waals surface area contributed by atoms with Gasteiger partial charge in [0.1, 0.15) is 56.2 Å². The van der Waals surface area contributed by atoms with Crippen molar-refractivity contribution in [2.75, 3.05) is 52.3 Å². The smallest absolute Gasteiger partial charge is 0.329 e. The van der Waals surface area contributed by atoms with Crippen molar-refractivity contribution in [2.45, 2.75) is 34.3 Å². The van der Waals surface area contributed by atoms with Crippen LogP contribution in [0.3, 0.4) is 0 Å². The fourth-order valence-corrected chi connectivity index (χ4v) is 9.46. The van der Waals surface area contributed by atoms with Gasteiger partial charge in [-0.25, -0.2) is 53.6 Å². The van der Waals surface area contributed by atoms with Crippen LogP contribution in [0.15, 0.2) is 93.5 Å². The van der Waals surface area contributed by atoms with E-state index in [1.165, 1.54) is 31.3 Å². The number of nitrogens with one attached hydrogen (secondary N) is 1. The van der Waals surface area contributed by atoms with Crippen molar-refractivity contribution in [1.29, 1.82) is 0 Å². The van der Waals surface area contributed by atoms with Crippen LogP contribution in [0.4, 0.5) is 0 Å². The van der Waals surface area contributed by atoms with Gasteiger partial charge in [0.05, 0.1) is 33.2 Å². The molecule has 5 rings (SSSR count). The van der Waals surface area contributed by atoms with Gasteiger partial charge in [0.2, 0.25) is 14.6 Å². The maximum atomic E-state index is 12.5. The highest BCUT2D eigenvalue weighted by molar-refractivity contribution is 7.98. The molecule has 2 heterocycles. The zero-order valence-corrected chi connectivity index (χ0v) is 40.6. The minimum Gasteiger partial charge on any atom is -0.492 e. The number of carboxylic acid groups (broad SMARTS) is 1. The lowest BCUT2D eigenvalue weighted by molar-refractivity contribution is -0.144. The molecule has 1 unspecified atom stereocenters. The summed E-state index contributed by atoms with van der Waals surface area (Å²) in [6.45, 7) is 4.33. The number of benzene rings is 3. The molecule has 1 amide bonds. The molecule has 0 aliphatic rings. The Hall–Kier alpha value is -5.82. The SMILES string of the molecule is CC.COC(=O)C(CSCc1cccc(OCCN)c1)NC(=O)CN(N)/C=C/COc1ccc2nc(S(N)(=O)=O)sc2c1.N/C(=C\N(N)CC(=O)O)COc1ccc2nc(S(N)(=O)=O)sc2c1. The van der Waals surface area contributed by atoms with Gasteiger partial charge in [-0.2, -0.15) is 11.8 Å². The lowest BCUT2D eigenvalue weighted by atomic mass is 10.2. The van der Waals surface area contributed by atoms with Crippen LogP contribution in [0.1, 0.15) is 19.4 Å². The number of thioether (sulfide) groups is 1.